The molecule has 0 saturated heterocycles. The van der Waals surface area contributed by atoms with Crippen LogP contribution in [0.1, 0.15) is 22.6 Å². The van der Waals surface area contributed by atoms with Crippen molar-refractivity contribution in [3.63, 3.8) is 0 Å². The van der Waals surface area contributed by atoms with Crippen molar-refractivity contribution in [3.05, 3.63) is 65.0 Å². The fraction of sp³-hybridized carbons (Fsp3) is 0.300. The summed E-state index contributed by atoms with van der Waals surface area (Å²) in [5.41, 5.74) is 3.03. The van der Waals surface area contributed by atoms with Gasteiger partial charge in [0.15, 0.2) is 0 Å². The molecule has 2 amide bonds. The molecule has 3 aromatic rings. The number of nitrogens with one attached hydrogen (secondary N) is 1. The monoisotopic (exact) mass is 337 g/mol. The molecule has 5 nitrogen and oxygen atoms in total. The van der Waals surface area contributed by atoms with E-state index in [9.17, 15) is 4.79 Å². The predicted molar refractivity (Wildman–Crippen MR) is 98.5 cm³/mol. The molecule has 25 heavy (non-hydrogen) atoms. The van der Waals surface area contributed by atoms with Crippen LogP contribution in [0.3, 0.4) is 0 Å². The van der Waals surface area contributed by atoms with Gasteiger partial charge < -0.3 is 14.7 Å². The van der Waals surface area contributed by atoms with Crippen LogP contribution in [-0.2, 0) is 13.0 Å². The van der Waals surface area contributed by atoms with Gasteiger partial charge in [-0.1, -0.05) is 47.6 Å². The third-order valence-corrected chi connectivity index (χ3v) is 4.47. The van der Waals surface area contributed by atoms with Crippen molar-refractivity contribution in [2.45, 2.75) is 26.8 Å². The third-order valence-electron chi connectivity index (χ3n) is 4.47. The Labute approximate surface area is 147 Å². The largest absolute Gasteiger partial charge is 0.361 e. The summed E-state index contributed by atoms with van der Waals surface area (Å²) in [6, 6.07) is 14.5. The second-order valence-corrected chi connectivity index (χ2v) is 6.28. The topological polar surface area (TPSA) is 58.4 Å². The lowest BCUT2D eigenvalue weighted by atomic mass is 10.0. The number of aromatic nitrogens is 1. The number of hydrogen-bond acceptors (Lipinski definition) is 3. The van der Waals surface area contributed by atoms with E-state index in [1.807, 2.05) is 26.0 Å². The van der Waals surface area contributed by atoms with Gasteiger partial charge >= 0.3 is 6.03 Å². The molecule has 0 unspecified atom stereocenters. The second kappa shape index (κ2) is 7.38. The minimum atomic E-state index is -0.0970. The van der Waals surface area contributed by atoms with Crippen molar-refractivity contribution < 1.29 is 9.32 Å². The lowest BCUT2D eigenvalue weighted by Gasteiger charge is -2.18. The molecule has 0 aliphatic carbocycles. The van der Waals surface area contributed by atoms with E-state index in [2.05, 4.69) is 40.8 Å². The Morgan fingerprint density at radius 2 is 1.92 bits per heavy atom. The van der Waals surface area contributed by atoms with Crippen LogP contribution >= 0.6 is 0 Å². The molecule has 0 fully saturated rings. The first-order valence-electron chi connectivity index (χ1n) is 8.43. The van der Waals surface area contributed by atoms with Crippen LogP contribution in [0.15, 0.2) is 47.0 Å². The molecule has 0 spiro atoms. The highest BCUT2D eigenvalue weighted by Crippen LogP contribution is 2.18. The first-order chi connectivity index (χ1) is 12.1. The number of urea groups is 1. The van der Waals surface area contributed by atoms with Gasteiger partial charge in [-0.2, -0.15) is 0 Å². The minimum Gasteiger partial charge on any atom is -0.361 e. The van der Waals surface area contributed by atoms with Crippen molar-refractivity contribution >= 4 is 16.8 Å². The number of aryl methyl sites for hydroxylation is 2. The molecule has 1 aromatic heterocycles. The summed E-state index contributed by atoms with van der Waals surface area (Å²) in [6.07, 6.45) is 0.798. The maximum atomic E-state index is 12.3. The Morgan fingerprint density at radius 1 is 1.16 bits per heavy atom. The van der Waals surface area contributed by atoms with E-state index in [4.69, 9.17) is 4.52 Å². The molecule has 0 aliphatic heterocycles. The Morgan fingerprint density at radius 3 is 2.68 bits per heavy atom. The Kier molecular flexibility index (Phi) is 5.03. The van der Waals surface area contributed by atoms with Crippen LogP contribution in [0.25, 0.3) is 10.8 Å². The van der Waals surface area contributed by atoms with Crippen LogP contribution < -0.4 is 5.32 Å². The van der Waals surface area contributed by atoms with Gasteiger partial charge in [-0.3, -0.25) is 0 Å². The summed E-state index contributed by atoms with van der Waals surface area (Å²) in [5, 5.41) is 9.37. The average Bonchev–Trinajstić information content (AvgIpc) is 2.93. The van der Waals surface area contributed by atoms with Gasteiger partial charge in [-0.05, 0) is 36.6 Å². The highest BCUT2D eigenvalue weighted by Gasteiger charge is 2.15. The van der Waals surface area contributed by atoms with Crippen LogP contribution in [-0.4, -0.2) is 29.7 Å². The van der Waals surface area contributed by atoms with E-state index >= 15 is 0 Å². The smallest absolute Gasteiger partial charge is 0.317 e. The number of hydrogen-bond donors (Lipinski definition) is 1. The summed E-state index contributed by atoms with van der Waals surface area (Å²) in [5.74, 6) is 0.757. The number of nitrogens with zero attached hydrogens (tertiary/aromatic N) is 2. The van der Waals surface area contributed by atoms with Crippen molar-refractivity contribution in [2.75, 3.05) is 13.6 Å². The van der Waals surface area contributed by atoms with Gasteiger partial charge in [0.2, 0.25) is 0 Å². The number of rotatable bonds is 5. The first kappa shape index (κ1) is 17.0. The highest BCUT2D eigenvalue weighted by molar-refractivity contribution is 5.85. The zero-order valence-electron chi connectivity index (χ0n) is 14.9. The molecule has 0 radical (unpaired) electrons. The highest BCUT2D eigenvalue weighted by atomic mass is 16.5. The van der Waals surface area contributed by atoms with E-state index in [1.54, 1.807) is 11.9 Å². The Hall–Kier alpha value is -2.82. The zero-order valence-corrected chi connectivity index (χ0v) is 14.9. The molecule has 3 rings (SSSR count). The van der Waals surface area contributed by atoms with Gasteiger partial charge in [-0.25, -0.2) is 4.79 Å². The van der Waals surface area contributed by atoms with Crippen LogP contribution in [0.2, 0.25) is 0 Å². The molecular weight excluding hydrogens is 314 g/mol. The van der Waals surface area contributed by atoms with E-state index in [-0.39, 0.29) is 6.03 Å². The summed E-state index contributed by atoms with van der Waals surface area (Å²) < 4.78 is 5.15. The van der Waals surface area contributed by atoms with Crippen molar-refractivity contribution in [3.8, 4) is 0 Å². The van der Waals surface area contributed by atoms with Crippen molar-refractivity contribution in [2.24, 2.45) is 0 Å². The van der Waals surface area contributed by atoms with Gasteiger partial charge in [0.05, 0.1) is 12.2 Å². The number of carbonyl (C=O) groups is 1. The average molecular weight is 337 g/mol. The SMILES string of the molecule is Cc1noc(C)c1CN(C)C(=O)NCCc1cccc2ccccc12. The maximum Gasteiger partial charge on any atom is 0.317 e. The molecule has 2 aromatic carbocycles. The molecule has 0 bridgehead atoms. The number of carbonyl (C=O) groups excluding carboxylic acids is 1. The molecule has 0 aliphatic rings. The maximum absolute atomic E-state index is 12.3. The Bertz CT molecular complexity index is 861. The number of amides is 2. The molecule has 130 valence electrons. The molecule has 0 saturated carbocycles. The van der Waals surface area contributed by atoms with Gasteiger partial charge in [-0.15, -0.1) is 0 Å². The summed E-state index contributed by atoms with van der Waals surface area (Å²) >= 11 is 0. The normalized spacial score (nSPS) is 10.8. The number of fused-ring (bicyclic) bond motifs is 1. The van der Waals surface area contributed by atoms with Crippen molar-refractivity contribution in [1.29, 1.82) is 0 Å². The second-order valence-electron chi connectivity index (χ2n) is 6.28. The molecule has 1 heterocycles. The van der Waals surface area contributed by atoms with Crippen LogP contribution in [0.4, 0.5) is 4.79 Å². The quantitative estimate of drug-likeness (QED) is 0.770. The molecule has 0 atom stereocenters. The van der Waals surface area contributed by atoms with Gasteiger partial charge in [0.25, 0.3) is 0 Å². The van der Waals surface area contributed by atoms with Gasteiger partial charge in [0.1, 0.15) is 5.76 Å². The van der Waals surface area contributed by atoms with E-state index < -0.39 is 0 Å². The van der Waals surface area contributed by atoms with Crippen LogP contribution in [0.5, 0.6) is 0 Å². The Balaban J connectivity index is 1.57. The standard InChI is InChI=1S/C20H23N3O2/c1-14-19(15(2)25-22-14)13-23(3)20(24)21-12-11-17-9-6-8-16-7-4-5-10-18(16)17/h4-10H,11-13H2,1-3H3,(H,21,24). The number of benzene rings is 2. The van der Waals surface area contributed by atoms with Crippen LogP contribution in [0, 0.1) is 13.8 Å². The van der Waals surface area contributed by atoms with E-state index in [0.717, 1.165) is 23.4 Å². The molecular formula is C20H23N3O2. The lowest BCUT2D eigenvalue weighted by molar-refractivity contribution is 0.207. The zero-order chi connectivity index (χ0) is 17.8. The van der Waals surface area contributed by atoms with E-state index in [1.165, 1.54) is 16.3 Å². The fourth-order valence-electron chi connectivity index (χ4n) is 2.99. The minimum absolute atomic E-state index is 0.0970. The lowest BCUT2D eigenvalue weighted by Crippen LogP contribution is -2.38. The predicted octanol–water partition coefficient (Wildman–Crippen LogP) is 3.83. The van der Waals surface area contributed by atoms with E-state index in [0.29, 0.717) is 13.1 Å². The summed E-state index contributed by atoms with van der Waals surface area (Å²) in [6.45, 7) is 4.83. The van der Waals surface area contributed by atoms with Crippen molar-refractivity contribution in [1.82, 2.24) is 15.4 Å². The third kappa shape index (κ3) is 3.82. The summed E-state index contributed by atoms with van der Waals surface area (Å²) in [7, 11) is 1.78. The van der Waals surface area contributed by atoms with Gasteiger partial charge in [0, 0.05) is 19.2 Å². The fourth-order valence-corrected chi connectivity index (χ4v) is 2.99. The molecule has 1 N–H and O–H groups in total. The first-order valence-corrected chi connectivity index (χ1v) is 8.43. The summed E-state index contributed by atoms with van der Waals surface area (Å²) in [4.78, 5) is 14.0. The molecule has 5 heteroatoms.